The average molecular weight is 247 g/mol. The Morgan fingerprint density at radius 2 is 1.89 bits per heavy atom. The molecule has 3 N–H and O–H groups in total. The molecule has 1 aliphatic rings. The van der Waals surface area contributed by atoms with Gasteiger partial charge in [0.25, 0.3) is 0 Å². The number of rotatable bonds is 5. The summed E-state index contributed by atoms with van der Waals surface area (Å²) in [4.78, 5) is 2.55. The van der Waals surface area contributed by atoms with Crippen LogP contribution in [0.5, 0.6) is 0 Å². The summed E-state index contributed by atoms with van der Waals surface area (Å²) in [7, 11) is 2.03. The molecule has 0 unspecified atom stereocenters. The standard InChI is InChI=1S/C15H25N3/c1-17-15(13-16)8-11-18(12-9-15)10-7-14-5-3-2-4-6-14/h2-6,17H,7-13,16H2,1H3. The molecule has 0 spiro atoms. The molecule has 1 fully saturated rings. The molecule has 2 rings (SSSR count). The number of nitrogens with zero attached hydrogens (tertiary/aromatic N) is 1. The van der Waals surface area contributed by atoms with Gasteiger partial charge in [-0.1, -0.05) is 30.3 Å². The van der Waals surface area contributed by atoms with Crippen molar-refractivity contribution in [3.05, 3.63) is 35.9 Å². The highest BCUT2D eigenvalue weighted by atomic mass is 15.2. The van der Waals surface area contributed by atoms with Crippen molar-refractivity contribution in [2.45, 2.75) is 24.8 Å². The van der Waals surface area contributed by atoms with Crippen molar-refractivity contribution in [2.75, 3.05) is 33.2 Å². The lowest BCUT2D eigenvalue weighted by atomic mass is 9.87. The Morgan fingerprint density at radius 3 is 2.44 bits per heavy atom. The van der Waals surface area contributed by atoms with Gasteiger partial charge in [-0.3, -0.25) is 0 Å². The molecule has 0 aromatic heterocycles. The highest BCUT2D eigenvalue weighted by molar-refractivity contribution is 5.14. The van der Waals surface area contributed by atoms with Crippen LogP contribution in [-0.2, 0) is 6.42 Å². The Bertz CT molecular complexity index is 336. The minimum atomic E-state index is 0.184. The summed E-state index contributed by atoms with van der Waals surface area (Å²) in [6.45, 7) is 4.22. The predicted octanol–water partition coefficient (Wildman–Crippen LogP) is 1.24. The van der Waals surface area contributed by atoms with Crippen LogP contribution in [0.4, 0.5) is 0 Å². The van der Waals surface area contributed by atoms with Gasteiger partial charge < -0.3 is 16.0 Å². The second-order valence-corrected chi connectivity index (χ2v) is 5.31. The second kappa shape index (κ2) is 6.32. The quantitative estimate of drug-likeness (QED) is 0.822. The van der Waals surface area contributed by atoms with Crippen molar-refractivity contribution in [3.8, 4) is 0 Å². The van der Waals surface area contributed by atoms with E-state index in [9.17, 15) is 0 Å². The van der Waals surface area contributed by atoms with E-state index in [0.29, 0.717) is 0 Å². The molecule has 1 heterocycles. The SMILES string of the molecule is CNC1(CN)CCN(CCc2ccccc2)CC1. The summed E-state index contributed by atoms with van der Waals surface area (Å²) in [6.07, 6.45) is 3.47. The Kier molecular flexibility index (Phi) is 4.75. The predicted molar refractivity (Wildman–Crippen MR) is 76.7 cm³/mol. The van der Waals surface area contributed by atoms with E-state index in [1.165, 1.54) is 5.56 Å². The van der Waals surface area contributed by atoms with Crippen molar-refractivity contribution in [1.82, 2.24) is 10.2 Å². The van der Waals surface area contributed by atoms with E-state index in [2.05, 4.69) is 40.5 Å². The van der Waals surface area contributed by atoms with Crippen molar-refractivity contribution in [1.29, 1.82) is 0 Å². The van der Waals surface area contributed by atoms with Crippen LogP contribution >= 0.6 is 0 Å². The fraction of sp³-hybridized carbons (Fsp3) is 0.600. The highest BCUT2D eigenvalue weighted by Crippen LogP contribution is 2.20. The van der Waals surface area contributed by atoms with Gasteiger partial charge in [-0.05, 0) is 45.0 Å². The first-order chi connectivity index (χ1) is 8.78. The molecule has 3 heteroatoms. The Labute approximate surface area is 110 Å². The molecule has 0 aliphatic carbocycles. The number of hydrogen-bond donors (Lipinski definition) is 2. The molecule has 0 amide bonds. The van der Waals surface area contributed by atoms with E-state index in [4.69, 9.17) is 5.73 Å². The summed E-state index contributed by atoms with van der Waals surface area (Å²) >= 11 is 0. The molecule has 0 atom stereocenters. The van der Waals surface area contributed by atoms with Gasteiger partial charge >= 0.3 is 0 Å². The number of piperidine rings is 1. The van der Waals surface area contributed by atoms with E-state index < -0.39 is 0 Å². The third-order valence-electron chi connectivity index (χ3n) is 4.29. The molecule has 3 nitrogen and oxygen atoms in total. The highest BCUT2D eigenvalue weighted by Gasteiger charge is 2.31. The third-order valence-corrected chi connectivity index (χ3v) is 4.29. The van der Waals surface area contributed by atoms with E-state index in [0.717, 1.165) is 45.4 Å². The number of likely N-dealkylation sites (tertiary alicyclic amines) is 1. The number of nitrogens with one attached hydrogen (secondary N) is 1. The van der Waals surface area contributed by atoms with Crippen LogP contribution in [0.25, 0.3) is 0 Å². The number of benzene rings is 1. The van der Waals surface area contributed by atoms with Gasteiger partial charge in [0.2, 0.25) is 0 Å². The molecule has 18 heavy (non-hydrogen) atoms. The normalized spacial score (nSPS) is 19.9. The molecule has 0 bridgehead atoms. The minimum absolute atomic E-state index is 0.184. The molecule has 0 saturated carbocycles. The summed E-state index contributed by atoms with van der Waals surface area (Å²) in [6, 6.07) is 10.7. The van der Waals surface area contributed by atoms with Gasteiger partial charge in [0.1, 0.15) is 0 Å². The van der Waals surface area contributed by atoms with E-state index in [1.807, 2.05) is 7.05 Å². The van der Waals surface area contributed by atoms with Gasteiger partial charge in [-0.15, -0.1) is 0 Å². The zero-order chi connectivity index (χ0) is 12.8. The van der Waals surface area contributed by atoms with E-state index in [1.54, 1.807) is 0 Å². The Balaban J connectivity index is 1.77. The van der Waals surface area contributed by atoms with Gasteiger partial charge in [0, 0.05) is 18.6 Å². The average Bonchev–Trinajstić information content (AvgIpc) is 2.47. The summed E-state index contributed by atoms with van der Waals surface area (Å²) in [5.74, 6) is 0. The fourth-order valence-corrected chi connectivity index (χ4v) is 2.69. The molecule has 1 saturated heterocycles. The van der Waals surface area contributed by atoms with Gasteiger partial charge in [0.05, 0.1) is 0 Å². The van der Waals surface area contributed by atoms with Crippen molar-refractivity contribution < 1.29 is 0 Å². The first-order valence-electron chi connectivity index (χ1n) is 6.93. The molecule has 100 valence electrons. The fourth-order valence-electron chi connectivity index (χ4n) is 2.69. The lowest BCUT2D eigenvalue weighted by Crippen LogP contribution is -2.56. The molecular formula is C15H25N3. The summed E-state index contributed by atoms with van der Waals surface area (Å²) < 4.78 is 0. The van der Waals surface area contributed by atoms with Crippen molar-refractivity contribution >= 4 is 0 Å². The van der Waals surface area contributed by atoms with Crippen LogP contribution in [0.1, 0.15) is 18.4 Å². The van der Waals surface area contributed by atoms with Gasteiger partial charge in [0.15, 0.2) is 0 Å². The lowest BCUT2D eigenvalue weighted by molar-refractivity contribution is 0.146. The number of likely N-dealkylation sites (N-methyl/N-ethyl adjacent to an activating group) is 1. The van der Waals surface area contributed by atoms with Crippen LogP contribution in [0.15, 0.2) is 30.3 Å². The monoisotopic (exact) mass is 247 g/mol. The van der Waals surface area contributed by atoms with Crippen LogP contribution in [-0.4, -0.2) is 43.7 Å². The molecule has 1 aliphatic heterocycles. The Morgan fingerprint density at radius 1 is 1.22 bits per heavy atom. The second-order valence-electron chi connectivity index (χ2n) is 5.31. The molecular weight excluding hydrogens is 222 g/mol. The largest absolute Gasteiger partial charge is 0.329 e. The Hall–Kier alpha value is -0.900. The minimum Gasteiger partial charge on any atom is -0.329 e. The first kappa shape index (κ1) is 13.5. The van der Waals surface area contributed by atoms with E-state index >= 15 is 0 Å². The lowest BCUT2D eigenvalue weighted by Gasteiger charge is -2.41. The van der Waals surface area contributed by atoms with Crippen LogP contribution < -0.4 is 11.1 Å². The molecule has 1 aromatic rings. The van der Waals surface area contributed by atoms with Gasteiger partial charge in [-0.25, -0.2) is 0 Å². The van der Waals surface area contributed by atoms with Crippen molar-refractivity contribution in [3.63, 3.8) is 0 Å². The van der Waals surface area contributed by atoms with E-state index in [-0.39, 0.29) is 5.54 Å². The number of nitrogens with two attached hydrogens (primary N) is 1. The number of hydrogen-bond acceptors (Lipinski definition) is 3. The zero-order valence-corrected chi connectivity index (χ0v) is 11.4. The topological polar surface area (TPSA) is 41.3 Å². The van der Waals surface area contributed by atoms with Crippen molar-refractivity contribution in [2.24, 2.45) is 5.73 Å². The first-order valence-corrected chi connectivity index (χ1v) is 6.93. The summed E-state index contributed by atoms with van der Waals surface area (Å²) in [5.41, 5.74) is 7.49. The van der Waals surface area contributed by atoms with Crippen LogP contribution in [0, 0.1) is 0 Å². The molecule has 0 radical (unpaired) electrons. The smallest absolute Gasteiger partial charge is 0.0325 e. The maximum atomic E-state index is 5.88. The maximum absolute atomic E-state index is 5.88. The summed E-state index contributed by atoms with van der Waals surface area (Å²) in [5, 5.41) is 3.41. The third kappa shape index (κ3) is 3.31. The maximum Gasteiger partial charge on any atom is 0.0325 e. The molecule has 1 aromatic carbocycles. The van der Waals surface area contributed by atoms with Crippen LogP contribution in [0.2, 0.25) is 0 Å². The van der Waals surface area contributed by atoms with Crippen LogP contribution in [0.3, 0.4) is 0 Å². The zero-order valence-electron chi connectivity index (χ0n) is 11.4. The van der Waals surface area contributed by atoms with Gasteiger partial charge in [-0.2, -0.15) is 0 Å².